The second-order valence-corrected chi connectivity index (χ2v) is 8.70. The molecule has 15 heteroatoms. The van der Waals surface area contributed by atoms with E-state index in [9.17, 15) is 22.4 Å². The van der Waals surface area contributed by atoms with Gasteiger partial charge in [0.15, 0.2) is 11.6 Å². The summed E-state index contributed by atoms with van der Waals surface area (Å²) in [5.41, 5.74) is 0.825. The highest BCUT2D eigenvalue weighted by molar-refractivity contribution is 6.29. The molecule has 1 saturated carbocycles. The van der Waals surface area contributed by atoms with Gasteiger partial charge in [0.05, 0.1) is 11.9 Å². The van der Waals surface area contributed by atoms with Crippen molar-refractivity contribution in [3.05, 3.63) is 34.9 Å². The lowest BCUT2D eigenvalue weighted by Crippen LogP contribution is -2.36. The number of aromatic nitrogens is 5. The van der Waals surface area contributed by atoms with Crippen LogP contribution in [0, 0.1) is 0 Å². The van der Waals surface area contributed by atoms with Crippen LogP contribution < -0.4 is 10.6 Å². The summed E-state index contributed by atoms with van der Waals surface area (Å²) in [7, 11) is 0. The Hall–Kier alpha value is -3.13. The van der Waals surface area contributed by atoms with Crippen LogP contribution in [0.5, 0.6) is 0 Å². The van der Waals surface area contributed by atoms with Gasteiger partial charge < -0.3 is 15.4 Å². The van der Waals surface area contributed by atoms with Gasteiger partial charge in [-0.3, -0.25) is 9.84 Å². The van der Waals surface area contributed by atoms with Gasteiger partial charge in [-0.25, -0.2) is 18.7 Å². The van der Waals surface area contributed by atoms with E-state index in [1.165, 1.54) is 16.8 Å². The number of rotatable bonds is 7. The number of aromatic amines is 1. The maximum Gasteiger partial charge on any atom is 0.522 e. The minimum Gasteiger partial charge on any atom is -0.443 e. The van der Waals surface area contributed by atoms with Gasteiger partial charge in [0.2, 0.25) is 0 Å². The molecule has 4 rings (SSSR count). The monoisotopic (exact) mass is 519 g/mol. The fraction of sp³-hybridized carbons (Fsp3) is 0.500. The van der Waals surface area contributed by atoms with E-state index in [2.05, 4.69) is 35.7 Å². The van der Waals surface area contributed by atoms with Crippen molar-refractivity contribution in [1.29, 1.82) is 0 Å². The number of carbonyl (C=O) groups is 1. The highest BCUT2D eigenvalue weighted by Crippen LogP contribution is 2.38. The lowest BCUT2D eigenvalue weighted by atomic mass is 10.0. The number of fused-ring (bicyclic) bond motifs is 1. The highest BCUT2D eigenvalue weighted by Gasteiger charge is 2.41. The third-order valence-corrected chi connectivity index (χ3v) is 5.45. The summed E-state index contributed by atoms with van der Waals surface area (Å²) >= 11 is 6.02. The number of H-pyrrole nitrogens is 1. The zero-order valence-electron chi connectivity index (χ0n) is 18.6. The van der Waals surface area contributed by atoms with Gasteiger partial charge in [-0.15, -0.1) is 13.2 Å². The summed E-state index contributed by atoms with van der Waals surface area (Å²) in [4.78, 5) is 16.0. The molecule has 0 aromatic carbocycles. The number of carbonyl (C=O) groups excluding carboxylic acids is 1. The first-order valence-electron chi connectivity index (χ1n) is 10.7. The van der Waals surface area contributed by atoms with Crippen LogP contribution in [0.25, 0.3) is 5.52 Å². The Morgan fingerprint density at radius 2 is 2.11 bits per heavy atom. The molecule has 3 N–H and O–H groups in total. The lowest BCUT2D eigenvalue weighted by molar-refractivity contribution is -0.330. The van der Waals surface area contributed by atoms with Crippen LogP contribution in [0.2, 0.25) is 5.15 Å². The van der Waals surface area contributed by atoms with Crippen LogP contribution in [0.3, 0.4) is 0 Å². The molecular formula is C20H22ClF4N7O3. The molecule has 3 heterocycles. The van der Waals surface area contributed by atoms with E-state index in [0.29, 0.717) is 24.1 Å². The molecule has 0 radical (unpaired) electrons. The van der Waals surface area contributed by atoms with Gasteiger partial charge in [0.1, 0.15) is 29.6 Å². The third-order valence-electron chi connectivity index (χ3n) is 5.27. The predicted molar refractivity (Wildman–Crippen MR) is 116 cm³/mol. The SMILES string of the molecule is CC(C)NC(=O)O[C@H]1CC[C@@H](c2cc(Nc3nc(Cl)cn4nc(COC(F)(F)F)cc34)n[nH]2)[C@@H]1F. The second kappa shape index (κ2) is 9.85. The van der Waals surface area contributed by atoms with Crippen molar-refractivity contribution in [2.45, 2.75) is 63.9 Å². The number of anilines is 2. The van der Waals surface area contributed by atoms with E-state index >= 15 is 0 Å². The smallest absolute Gasteiger partial charge is 0.443 e. The number of hydrogen-bond acceptors (Lipinski definition) is 7. The maximum atomic E-state index is 15.0. The molecule has 0 bridgehead atoms. The summed E-state index contributed by atoms with van der Waals surface area (Å²) < 4.78 is 62.3. The molecule has 0 unspecified atom stereocenters. The zero-order chi connectivity index (χ0) is 25.3. The zero-order valence-corrected chi connectivity index (χ0v) is 19.3. The van der Waals surface area contributed by atoms with Crippen molar-refractivity contribution in [2.24, 2.45) is 0 Å². The molecule has 1 aliphatic carbocycles. The number of nitrogens with one attached hydrogen (secondary N) is 3. The molecule has 10 nitrogen and oxygen atoms in total. The summed E-state index contributed by atoms with van der Waals surface area (Å²) in [6.45, 7) is 2.76. The Kier molecular flexibility index (Phi) is 7.03. The van der Waals surface area contributed by atoms with Gasteiger partial charge in [-0.2, -0.15) is 10.2 Å². The van der Waals surface area contributed by atoms with E-state index in [0.717, 1.165) is 0 Å². The Morgan fingerprint density at radius 3 is 2.83 bits per heavy atom. The fourth-order valence-corrected chi connectivity index (χ4v) is 4.00. The van der Waals surface area contributed by atoms with Crippen molar-refractivity contribution in [3.63, 3.8) is 0 Å². The van der Waals surface area contributed by atoms with Crippen LogP contribution in [0.1, 0.15) is 44.0 Å². The number of nitrogens with zero attached hydrogens (tertiary/aromatic N) is 4. The lowest BCUT2D eigenvalue weighted by Gasteiger charge is -2.18. The minimum absolute atomic E-state index is 0.0101. The molecular weight excluding hydrogens is 498 g/mol. The molecule has 190 valence electrons. The average molecular weight is 520 g/mol. The minimum atomic E-state index is -4.80. The number of amides is 1. The molecule has 1 aliphatic rings. The quantitative estimate of drug-likeness (QED) is 0.390. The molecule has 3 aromatic heterocycles. The van der Waals surface area contributed by atoms with E-state index in [1.807, 2.05) is 0 Å². The Labute approximate surface area is 201 Å². The van der Waals surface area contributed by atoms with Crippen molar-refractivity contribution >= 4 is 34.8 Å². The van der Waals surface area contributed by atoms with Crippen molar-refractivity contribution < 1.29 is 31.8 Å². The summed E-state index contributed by atoms with van der Waals surface area (Å²) in [6, 6.07) is 2.82. The number of ether oxygens (including phenoxy) is 2. The van der Waals surface area contributed by atoms with Gasteiger partial charge in [0.25, 0.3) is 0 Å². The Morgan fingerprint density at radius 1 is 1.34 bits per heavy atom. The molecule has 1 fully saturated rings. The third kappa shape index (κ3) is 6.11. The first-order chi connectivity index (χ1) is 16.5. The Balaban J connectivity index is 1.46. The second-order valence-electron chi connectivity index (χ2n) is 8.32. The summed E-state index contributed by atoms with van der Waals surface area (Å²) in [6.07, 6.45) is -5.65. The summed E-state index contributed by atoms with van der Waals surface area (Å²) in [5, 5.41) is 16.4. The number of halogens is 5. The van der Waals surface area contributed by atoms with E-state index in [-0.39, 0.29) is 28.5 Å². The van der Waals surface area contributed by atoms with Crippen LogP contribution >= 0.6 is 11.6 Å². The normalized spacial score (nSPS) is 20.5. The van der Waals surface area contributed by atoms with Crippen LogP contribution in [0.4, 0.5) is 34.0 Å². The largest absolute Gasteiger partial charge is 0.522 e. The molecule has 0 aliphatic heterocycles. The van der Waals surface area contributed by atoms with Gasteiger partial charge in [-0.1, -0.05) is 11.6 Å². The van der Waals surface area contributed by atoms with Gasteiger partial charge in [-0.05, 0) is 32.8 Å². The predicted octanol–water partition coefficient (Wildman–Crippen LogP) is 4.60. The molecule has 1 amide bonds. The fourth-order valence-electron chi connectivity index (χ4n) is 3.82. The molecule has 35 heavy (non-hydrogen) atoms. The maximum absolute atomic E-state index is 15.0. The first-order valence-corrected chi connectivity index (χ1v) is 11.1. The van der Waals surface area contributed by atoms with Gasteiger partial charge in [0, 0.05) is 23.7 Å². The van der Waals surface area contributed by atoms with E-state index in [1.54, 1.807) is 19.9 Å². The highest BCUT2D eigenvalue weighted by atomic mass is 35.5. The average Bonchev–Trinajstić information content (AvgIpc) is 3.45. The molecule has 0 saturated heterocycles. The Bertz CT molecular complexity index is 1200. The first kappa shape index (κ1) is 25.0. The molecule has 3 atom stereocenters. The summed E-state index contributed by atoms with van der Waals surface area (Å²) in [5.74, 6) is -0.112. The van der Waals surface area contributed by atoms with Crippen LogP contribution in [-0.4, -0.2) is 55.6 Å². The standard InChI is InChI=1S/C20H22ClF4N7O3/c1-9(2)26-19(33)35-14-4-3-11(17(14)22)12-6-16(30-29-12)28-18-13-5-10(8-34-20(23,24)25)31-32(13)7-15(21)27-18/h5-7,9,11,14,17H,3-4,8H2,1-2H3,(H,26,33)(H2,27,28,29,30)/t11-,14-,17-/m0/s1. The van der Waals surface area contributed by atoms with Crippen molar-refractivity contribution in [3.8, 4) is 0 Å². The van der Waals surface area contributed by atoms with Crippen LogP contribution in [0.15, 0.2) is 18.3 Å². The number of alkyl halides is 4. The van der Waals surface area contributed by atoms with Crippen molar-refractivity contribution in [2.75, 3.05) is 5.32 Å². The van der Waals surface area contributed by atoms with E-state index < -0.39 is 37.3 Å². The van der Waals surface area contributed by atoms with Gasteiger partial charge >= 0.3 is 12.5 Å². The molecule has 0 spiro atoms. The van der Waals surface area contributed by atoms with E-state index in [4.69, 9.17) is 16.3 Å². The number of hydrogen-bond donors (Lipinski definition) is 3. The van der Waals surface area contributed by atoms with Crippen LogP contribution in [-0.2, 0) is 16.1 Å². The topological polar surface area (TPSA) is 118 Å². The number of alkyl carbamates (subject to hydrolysis) is 1. The van der Waals surface area contributed by atoms with Crippen molar-refractivity contribution in [1.82, 2.24) is 30.1 Å². The molecule has 3 aromatic rings.